The molecule has 0 bridgehead atoms. The molecule has 4 heteroatoms. The van der Waals surface area contributed by atoms with Gasteiger partial charge in [0.1, 0.15) is 5.52 Å². The molecule has 2 aromatic heterocycles. The number of benzene rings is 1. The van der Waals surface area contributed by atoms with Crippen LogP contribution in [0.4, 0.5) is 5.95 Å². The summed E-state index contributed by atoms with van der Waals surface area (Å²) in [7, 11) is 0. The van der Waals surface area contributed by atoms with E-state index in [4.69, 9.17) is 5.73 Å². The number of nitrogen functional groups attached to an aromatic ring is 1. The minimum absolute atomic E-state index is 0.466. The second kappa shape index (κ2) is 3.59. The smallest absolute Gasteiger partial charge is 0.207 e. The van der Waals surface area contributed by atoms with E-state index in [-0.39, 0.29) is 0 Å². The minimum atomic E-state index is 0.466. The molecule has 0 amide bonds. The maximum Gasteiger partial charge on any atom is 0.207 e. The van der Waals surface area contributed by atoms with Crippen molar-refractivity contribution in [3.05, 3.63) is 48.2 Å². The average molecular weight is 224 g/mol. The summed E-state index contributed by atoms with van der Waals surface area (Å²) in [5.41, 5.74) is 9.68. The normalized spacial score (nSPS) is 10.9. The predicted octanol–water partition coefficient (Wildman–Crippen LogP) is 2.31. The van der Waals surface area contributed by atoms with Gasteiger partial charge in [-0.2, -0.15) is 0 Å². The Hall–Kier alpha value is -2.36. The van der Waals surface area contributed by atoms with Crippen molar-refractivity contribution in [3.8, 4) is 5.69 Å². The lowest BCUT2D eigenvalue weighted by Gasteiger charge is -2.04. The highest BCUT2D eigenvalue weighted by Gasteiger charge is 2.11. The number of imidazole rings is 1. The van der Waals surface area contributed by atoms with Crippen LogP contribution in [0.15, 0.2) is 42.6 Å². The van der Waals surface area contributed by atoms with Gasteiger partial charge in [-0.25, -0.2) is 9.97 Å². The van der Waals surface area contributed by atoms with Gasteiger partial charge in [0, 0.05) is 6.20 Å². The van der Waals surface area contributed by atoms with Gasteiger partial charge in [0.05, 0.1) is 5.69 Å². The minimum Gasteiger partial charge on any atom is -0.369 e. The van der Waals surface area contributed by atoms with Gasteiger partial charge in [0.25, 0.3) is 0 Å². The number of nitrogens with zero attached hydrogens (tertiary/aromatic N) is 3. The number of aromatic nitrogens is 3. The lowest BCUT2D eigenvalue weighted by molar-refractivity contribution is 1.08. The van der Waals surface area contributed by atoms with Gasteiger partial charge in [-0.05, 0) is 30.7 Å². The molecule has 0 aliphatic carbocycles. The third kappa shape index (κ3) is 1.45. The van der Waals surface area contributed by atoms with E-state index >= 15 is 0 Å². The van der Waals surface area contributed by atoms with E-state index in [1.54, 1.807) is 6.20 Å². The van der Waals surface area contributed by atoms with Crippen LogP contribution in [0, 0.1) is 6.92 Å². The van der Waals surface area contributed by atoms with Crippen LogP contribution in [-0.4, -0.2) is 14.5 Å². The molecule has 2 heterocycles. The van der Waals surface area contributed by atoms with E-state index in [2.05, 4.69) is 9.97 Å². The molecular formula is C13H12N4. The number of aryl methyl sites for hydroxylation is 1. The second-order valence-electron chi connectivity index (χ2n) is 3.94. The molecule has 0 saturated carbocycles. The summed E-state index contributed by atoms with van der Waals surface area (Å²) in [4.78, 5) is 8.73. The lowest BCUT2D eigenvalue weighted by atomic mass is 10.2. The van der Waals surface area contributed by atoms with E-state index in [0.717, 1.165) is 22.4 Å². The van der Waals surface area contributed by atoms with Crippen molar-refractivity contribution in [2.24, 2.45) is 0 Å². The standard InChI is InChI=1S/C13H12N4/c1-9-7-8-15-12-11(9)16-13(14)17(12)10-5-3-2-4-6-10/h2-8H,1H3,(H2,14,16). The van der Waals surface area contributed by atoms with E-state index in [0.29, 0.717) is 5.95 Å². The molecule has 0 aliphatic rings. The molecule has 0 unspecified atom stereocenters. The molecule has 1 aromatic carbocycles. The molecule has 0 radical (unpaired) electrons. The number of nitrogens with two attached hydrogens (primary N) is 1. The van der Waals surface area contributed by atoms with Crippen LogP contribution in [-0.2, 0) is 0 Å². The quantitative estimate of drug-likeness (QED) is 0.690. The van der Waals surface area contributed by atoms with E-state index in [1.165, 1.54) is 0 Å². The zero-order valence-electron chi connectivity index (χ0n) is 9.46. The molecule has 0 atom stereocenters. The maximum atomic E-state index is 5.97. The summed E-state index contributed by atoms with van der Waals surface area (Å²) in [6.45, 7) is 2.01. The van der Waals surface area contributed by atoms with Crippen molar-refractivity contribution in [1.29, 1.82) is 0 Å². The summed E-state index contributed by atoms with van der Waals surface area (Å²) in [5.74, 6) is 0.466. The van der Waals surface area contributed by atoms with Crippen LogP contribution in [0.3, 0.4) is 0 Å². The molecule has 4 nitrogen and oxygen atoms in total. The molecule has 17 heavy (non-hydrogen) atoms. The molecule has 0 aliphatic heterocycles. The zero-order chi connectivity index (χ0) is 11.8. The number of hydrogen-bond acceptors (Lipinski definition) is 3. The Balaban J connectivity index is 2.37. The number of hydrogen-bond donors (Lipinski definition) is 1. The van der Waals surface area contributed by atoms with Crippen LogP contribution in [0.25, 0.3) is 16.9 Å². The first-order chi connectivity index (χ1) is 8.27. The predicted molar refractivity (Wildman–Crippen MR) is 68.0 cm³/mol. The Morgan fingerprint density at radius 1 is 1.12 bits per heavy atom. The molecule has 3 rings (SSSR count). The summed E-state index contributed by atoms with van der Waals surface area (Å²) >= 11 is 0. The van der Waals surface area contributed by atoms with Gasteiger partial charge < -0.3 is 5.73 Å². The second-order valence-corrected chi connectivity index (χ2v) is 3.94. The third-order valence-electron chi connectivity index (χ3n) is 2.79. The van der Waals surface area contributed by atoms with Crippen LogP contribution < -0.4 is 5.73 Å². The van der Waals surface area contributed by atoms with Gasteiger partial charge in [0.2, 0.25) is 5.95 Å². The first-order valence-corrected chi connectivity index (χ1v) is 5.42. The maximum absolute atomic E-state index is 5.97. The topological polar surface area (TPSA) is 56.7 Å². The summed E-state index contributed by atoms with van der Waals surface area (Å²) < 4.78 is 1.86. The molecule has 0 spiro atoms. The Bertz CT molecular complexity index is 670. The summed E-state index contributed by atoms with van der Waals surface area (Å²) in [6, 6.07) is 11.8. The first kappa shape index (κ1) is 9.84. The largest absolute Gasteiger partial charge is 0.369 e. The first-order valence-electron chi connectivity index (χ1n) is 5.42. The lowest BCUT2D eigenvalue weighted by Crippen LogP contribution is -2.00. The van der Waals surface area contributed by atoms with Crippen LogP contribution in [0.5, 0.6) is 0 Å². The Morgan fingerprint density at radius 2 is 1.88 bits per heavy atom. The van der Waals surface area contributed by atoms with Gasteiger partial charge >= 0.3 is 0 Å². The fourth-order valence-corrected chi connectivity index (χ4v) is 1.94. The van der Waals surface area contributed by atoms with Crippen molar-refractivity contribution in [2.45, 2.75) is 6.92 Å². The molecule has 3 aromatic rings. The number of rotatable bonds is 1. The highest BCUT2D eigenvalue weighted by atomic mass is 15.2. The fourth-order valence-electron chi connectivity index (χ4n) is 1.94. The number of fused-ring (bicyclic) bond motifs is 1. The molecule has 84 valence electrons. The number of pyridine rings is 1. The Labute approximate surface area is 98.7 Å². The van der Waals surface area contributed by atoms with Crippen molar-refractivity contribution >= 4 is 17.1 Å². The van der Waals surface area contributed by atoms with E-state index in [9.17, 15) is 0 Å². The third-order valence-corrected chi connectivity index (χ3v) is 2.79. The highest BCUT2D eigenvalue weighted by Crippen LogP contribution is 2.22. The Morgan fingerprint density at radius 3 is 2.65 bits per heavy atom. The highest BCUT2D eigenvalue weighted by molar-refractivity contribution is 5.79. The van der Waals surface area contributed by atoms with Crippen LogP contribution in [0.1, 0.15) is 5.56 Å². The van der Waals surface area contributed by atoms with Gasteiger partial charge in [0.15, 0.2) is 5.65 Å². The van der Waals surface area contributed by atoms with Crippen molar-refractivity contribution in [2.75, 3.05) is 5.73 Å². The summed E-state index contributed by atoms with van der Waals surface area (Å²) in [6.07, 6.45) is 1.78. The van der Waals surface area contributed by atoms with Crippen molar-refractivity contribution < 1.29 is 0 Å². The Kier molecular flexibility index (Phi) is 2.08. The molecular weight excluding hydrogens is 212 g/mol. The average Bonchev–Trinajstić information content (AvgIpc) is 2.68. The van der Waals surface area contributed by atoms with Gasteiger partial charge in [-0.15, -0.1) is 0 Å². The van der Waals surface area contributed by atoms with Crippen LogP contribution in [0.2, 0.25) is 0 Å². The van der Waals surface area contributed by atoms with Gasteiger partial charge in [-0.1, -0.05) is 18.2 Å². The van der Waals surface area contributed by atoms with E-state index < -0.39 is 0 Å². The molecule has 0 saturated heterocycles. The monoisotopic (exact) mass is 224 g/mol. The molecule has 2 N–H and O–H groups in total. The SMILES string of the molecule is Cc1ccnc2c1nc(N)n2-c1ccccc1. The fraction of sp³-hybridized carbons (Fsp3) is 0.0769. The number of para-hydroxylation sites is 1. The molecule has 0 fully saturated rings. The van der Waals surface area contributed by atoms with Gasteiger partial charge in [-0.3, -0.25) is 4.57 Å². The van der Waals surface area contributed by atoms with Crippen LogP contribution >= 0.6 is 0 Å². The number of anilines is 1. The van der Waals surface area contributed by atoms with E-state index in [1.807, 2.05) is 47.9 Å². The summed E-state index contributed by atoms with van der Waals surface area (Å²) in [5, 5.41) is 0. The van der Waals surface area contributed by atoms with Crippen molar-refractivity contribution in [3.63, 3.8) is 0 Å². The van der Waals surface area contributed by atoms with Crippen molar-refractivity contribution in [1.82, 2.24) is 14.5 Å². The zero-order valence-corrected chi connectivity index (χ0v) is 9.46.